The third-order valence-corrected chi connectivity index (χ3v) is 3.87. The first kappa shape index (κ1) is 16.3. The molecule has 0 aliphatic carbocycles. The number of ether oxygens (including phenoxy) is 2. The fraction of sp³-hybridized carbons (Fsp3) is 0.238. The molecule has 24 heavy (non-hydrogen) atoms. The predicted molar refractivity (Wildman–Crippen MR) is 96.8 cm³/mol. The van der Waals surface area contributed by atoms with E-state index in [2.05, 4.69) is 0 Å². The molecule has 0 aromatic heterocycles. The fourth-order valence-electron chi connectivity index (χ4n) is 2.53. The van der Waals surface area contributed by atoms with Crippen molar-refractivity contribution in [3.8, 4) is 11.5 Å². The second-order valence-corrected chi connectivity index (χ2v) is 5.79. The Balaban J connectivity index is 1.52. The third kappa shape index (κ3) is 5.00. The molecule has 0 saturated carbocycles. The highest BCUT2D eigenvalue weighted by atomic mass is 16.7. The van der Waals surface area contributed by atoms with E-state index in [4.69, 9.17) is 9.47 Å². The Bertz CT molecular complexity index is 678. The van der Waals surface area contributed by atoms with E-state index in [1.807, 2.05) is 60.7 Å². The average Bonchev–Trinajstić information content (AvgIpc) is 2.62. The highest BCUT2D eigenvalue weighted by Gasteiger charge is 2.14. The first-order valence-electron chi connectivity index (χ1n) is 8.32. The van der Waals surface area contributed by atoms with Gasteiger partial charge in [0.05, 0.1) is 6.61 Å². The topological polar surface area (TPSA) is 38.7 Å². The van der Waals surface area contributed by atoms with E-state index in [-0.39, 0.29) is 12.0 Å². The molecule has 0 radical (unpaired) electrons. The maximum absolute atomic E-state index is 9.25. The van der Waals surface area contributed by atoms with Crippen molar-refractivity contribution >= 4 is 12.2 Å². The minimum atomic E-state index is -0.103. The molecule has 1 fully saturated rings. The number of aromatic hydroxyl groups is 1. The molecule has 1 aliphatic rings. The Labute approximate surface area is 142 Å². The van der Waals surface area contributed by atoms with Gasteiger partial charge in [0.1, 0.15) is 11.5 Å². The van der Waals surface area contributed by atoms with Crippen LogP contribution in [-0.4, -0.2) is 18.0 Å². The van der Waals surface area contributed by atoms with Crippen molar-refractivity contribution in [1.29, 1.82) is 0 Å². The number of hydrogen-bond acceptors (Lipinski definition) is 3. The molecule has 0 bridgehead atoms. The van der Waals surface area contributed by atoms with Crippen molar-refractivity contribution < 1.29 is 14.6 Å². The zero-order valence-electron chi connectivity index (χ0n) is 13.6. The standard InChI is InChI=1S/C21H22O3/c22-19-12-8-17(9-13-19)5-1-2-6-18-10-14-20(15-11-18)24-21-7-3-4-16-23-21/h1-2,5-6,8-15,21-22H,3-4,7,16H2. The lowest BCUT2D eigenvalue weighted by Crippen LogP contribution is -2.24. The van der Waals surface area contributed by atoms with E-state index in [1.165, 1.54) is 6.42 Å². The van der Waals surface area contributed by atoms with E-state index < -0.39 is 0 Å². The predicted octanol–water partition coefficient (Wildman–Crippen LogP) is 5.02. The van der Waals surface area contributed by atoms with Crippen LogP contribution in [0.25, 0.3) is 12.2 Å². The molecule has 1 unspecified atom stereocenters. The van der Waals surface area contributed by atoms with Crippen LogP contribution in [0.3, 0.4) is 0 Å². The maximum atomic E-state index is 9.25. The zero-order chi connectivity index (χ0) is 16.6. The quantitative estimate of drug-likeness (QED) is 0.785. The molecule has 1 aliphatic heterocycles. The Morgan fingerprint density at radius 2 is 1.50 bits per heavy atom. The van der Waals surface area contributed by atoms with Gasteiger partial charge in [0.2, 0.25) is 0 Å². The van der Waals surface area contributed by atoms with Crippen LogP contribution in [0, 0.1) is 0 Å². The summed E-state index contributed by atoms with van der Waals surface area (Å²) in [5, 5.41) is 9.25. The summed E-state index contributed by atoms with van der Waals surface area (Å²) in [6.07, 6.45) is 11.2. The molecule has 1 N–H and O–H groups in total. The molecular formula is C21H22O3. The van der Waals surface area contributed by atoms with E-state index in [1.54, 1.807) is 12.1 Å². The zero-order valence-corrected chi connectivity index (χ0v) is 13.6. The van der Waals surface area contributed by atoms with Gasteiger partial charge in [-0.15, -0.1) is 0 Å². The molecule has 1 heterocycles. The molecule has 124 valence electrons. The van der Waals surface area contributed by atoms with Crippen molar-refractivity contribution in [1.82, 2.24) is 0 Å². The molecule has 2 aromatic carbocycles. The van der Waals surface area contributed by atoms with Crippen molar-refractivity contribution in [2.24, 2.45) is 0 Å². The van der Waals surface area contributed by atoms with Gasteiger partial charge in [-0.3, -0.25) is 0 Å². The normalized spacial score (nSPS) is 18.2. The van der Waals surface area contributed by atoms with Gasteiger partial charge in [-0.1, -0.05) is 48.6 Å². The van der Waals surface area contributed by atoms with Crippen LogP contribution in [0.1, 0.15) is 30.4 Å². The number of phenolic OH excluding ortho intramolecular Hbond substituents is 1. The molecule has 3 rings (SSSR count). The van der Waals surface area contributed by atoms with Crippen LogP contribution in [-0.2, 0) is 4.74 Å². The molecule has 1 atom stereocenters. The fourth-order valence-corrected chi connectivity index (χ4v) is 2.53. The molecule has 1 saturated heterocycles. The molecule has 2 aromatic rings. The van der Waals surface area contributed by atoms with Crippen molar-refractivity contribution in [3.05, 3.63) is 71.8 Å². The monoisotopic (exact) mass is 322 g/mol. The van der Waals surface area contributed by atoms with E-state index >= 15 is 0 Å². The Kier molecular flexibility index (Phi) is 5.70. The van der Waals surface area contributed by atoms with Crippen LogP contribution in [0.5, 0.6) is 11.5 Å². The van der Waals surface area contributed by atoms with Gasteiger partial charge in [0.15, 0.2) is 6.29 Å². The first-order valence-corrected chi connectivity index (χ1v) is 8.32. The maximum Gasteiger partial charge on any atom is 0.199 e. The summed E-state index contributed by atoms with van der Waals surface area (Å²) in [6, 6.07) is 15.1. The number of phenols is 1. The molecule has 0 amide bonds. The number of allylic oxidation sites excluding steroid dienone is 2. The smallest absolute Gasteiger partial charge is 0.199 e. The first-order chi connectivity index (χ1) is 11.8. The third-order valence-electron chi connectivity index (χ3n) is 3.87. The molecule has 3 heteroatoms. The molecular weight excluding hydrogens is 300 g/mol. The lowest BCUT2D eigenvalue weighted by molar-refractivity contribution is -0.105. The summed E-state index contributed by atoms with van der Waals surface area (Å²) in [4.78, 5) is 0. The Morgan fingerprint density at radius 1 is 0.875 bits per heavy atom. The number of benzene rings is 2. The van der Waals surface area contributed by atoms with Gasteiger partial charge in [-0.25, -0.2) is 0 Å². The summed E-state index contributed by atoms with van der Waals surface area (Å²) >= 11 is 0. The van der Waals surface area contributed by atoms with Crippen molar-refractivity contribution in [2.45, 2.75) is 25.6 Å². The van der Waals surface area contributed by atoms with Gasteiger partial charge in [0.25, 0.3) is 0 Å². The number of hydrogen-bond donors (Lipinski definition) is 1. The second-order valence-electron chi connectivity index (χ2n) is 5.79. The van der Waals surface area contributed by atoms with Gasteiger partial charge in [-0.05, 0) is 48.2 Å². The highest BCUT2D eigenvalue weighted by molar-refractivity contribution is 5.57. The minimum absolute atomic E-state index is 0.103. The van der Waals surface area contributed by atoms with E-state index in [9.17, 15) is 5.11 Å². The van der Waals surface area contributed by atoms with Crippen molar-refractivity contribution in [2.75, 3.05) is 6.61 Å². The van der Waals surface area contributed by atoms with Crippen LogP contribution < -0.4 is 4.74 Å². The van der Waals surface area contributed by atoms with Gasteiger partial charge in [0, 0.05) is 6.42 Å². The van der Waals surface area contributed by atoms with E-state index in [0.717, 1.165) is 36.3 Å². The van der Waals surface area contributed by atoms with E-state index in [0.29, 0.717) is 0 Å². The summed E-state index contributed by atoms with van der Waals surface area (Å²) < 4.78 is 11.4. The summed E-state index contributed by atoms with van der Waals surface area (Å²) in [6.45, 7) is 0.791. The van der Waals surface area contributed by atoms with Gasteiger partial charge in [-0.2, -0.15) is 0 Å². The van der Waals surface area contributed by atoms with Crippen molar-refractivity contribution in [3.63, 3.8) is 0 Å². The SMILES string of the molecule is Oc1ccc(C=CC=Cc2ccc(OC3CCCCO3)cc2)cc1. The molecule has 3 nitrogen and oxygen atoms in total. The summed E-state index contributed by atoms with van der Waals surface area (Å²) in [7, 11) is 0. The van der Waals surface area contributed by atoms with Crippen LogP contribution >= 0.6 is 0 Å². The summed E-state index contributed by atoms with van der Waals surface area (Å²) in [5.41, 5.74) is 2.16. The molecule has 0 spiro atoms. The Hall–Kier alpha value is -2.52. The Morgan fingerprint density at radius 3 is 2.08 bits per heavy atom. The van der Waals surface area contributed by atoms with Gasteiger partial charge < -0.3 is 14.6 Å². The van der Waals surface area contributed by atoms with Crippen LogP contribution in [0.2, 0.25) is 0 Å². The average molecular weight is 322 g/mol. The minimum Gasteiger partial charge on any atom is -0.508 e. The largest absolute Gasteiger partial charge is 0.508 e. The lowest BCUT2D eigenvalue weighted by atomic mass is 10.1. The number of rotatable bonds is 5. The summed E-state index contributed by atoms with van der Waals surface area (Å²) in [5.74, 6) is 1.13. The van der Waals surface area contributed by atoms with Crippen LogP contribution in [0.15, 0.2) is 60.7 Å². The second kappa shape index (κ2) is 8.37. The lowest BCUT2D eigenvalue weighted by Gasteiger charge is -2.23. The highest BCUT2D eigenvalue weighted by Crippen LogP contribution is 2.20. The van der Waals surface area contributed by atoms with Crippen LogP contribution in [0.4, 0.5) is 0 Å². The van der Waals surface area contributed by atoms with Gasteiger partial charge >= 0.3 is 0 Å².